The number of hydrogen-bond acceptors (Lipinski definition) is 3. The van der Waals surface area contributed by atoms with Crippen molar-refractivity contribution in [1.82, 2.24) is 4.90 Å². The number of nitrogens with zero attached hydrogens (tertiary/aromatic N) is 1. The van der Waals surface area contributed by atoms with Crippen LogP contribution in [0.4, 0.5) is 0 Å². The summed E-state index contributed by atoms with van der Waals surface area (Å²) >= 11 is 0. The van der Waals surface area contributed by atoms with Gasteiger partial charge >= 0.3 is 0 Å². The van der Waals surface area contributed by atoms with Gasteiger partial charge in [-0.1, -0.05) is 25.7 Å². The quantitative estimate of drug-likeness (QED) is 0.740. The fourth-order valence-corrected chi connectivity index (χ4v) is 3.14. The lowest BCUT2D eigenvalue weighted by Crippen LogP contribution is -2.48. The van der Waals surface area contributed by atoms with Crippen LogP contribution in [0.3, 0.4) is 0 Å². The molecule has 1 saturated carbocycles. The Kier molecular flexibility index (Phi) is 5.01. The van der Waals surface area contributed by atoms with Crippen molar-refractivity contribution >= 4 is 5.91 Å². The molecule has 104 valence electrons. The molecule has 3 N–H and O–H groups in total. The maximum Gasteiger partial charge on any atom is 0.227 e. The van der Waals surface area contributed by atoms with Crippen LogP contribution in [0.5, 0.6) is 0 Å². The summed E-state index contributed by atoms with van der Waals surface area (Å²) in [5.41, 5.74) is 6.19. The molecule has 2 atom stereocenters. The van der Waals surface area contributed by atoms with Gasteiger partial charge in [0.05, 0.1) is 12.0 Å². The number of aliphatic hydroxyl groups is 1. The Morgan fingerprint density at radius 1 is 1.00 bits per heavy atom. The van der Waals surface area contributed by atoms with Gasteiger partial charge in [-0.05, 0) is 25.7 Å². The normalized spacial score (nSPS) is 31.8. The first-order valence-electron chi connectivity index (χ1n) is 7.41. The van der Waals surface area contributed by atoms with Gasteiger partial charge in [-0.3, -0.25) is 4.79 Å². The van der Waals surface area contributed by atoms with Crippen LogP contribution < -0.4 is 5.73 Å². The van der Waals surface area contributed by atoms with E-state index in [4.69, 9.17) is 5.73 Å². The van der Waals surface area contributed by atoms with Crippen molar-refractivity contribution in [3.05, 3.63) is 0 Å². The minimum atomic E-state index is -0.222. The van der Waals surface area contributed by atoms with Crippen molar-refractivity contribution in [2.45, 2.75) is 63.5 Å². The van der Waals surface area contributed by atoms with Crippen molar-refractivity contribution in [3.8, 4) is 0 Å². The molecule has 1 amide bonds. The molecule has 1 aliphatic heterocycles. The van der Waals surface area contributed by atoms with E-state index >= 15 is 0 Å². The van der Waals surface area contributed by atoms with E-state index in [1.807, 2.05) is 4.90 Å². The van der Waals surface area contributed by atoms with E-state index in [2.05, 4.69) is 0 Å². The Hall–Kier alpha value is -0.610. The number of piperidine rings is 1. The molecule has 18 heavy (non-hydrogen) atoms. The second-order valence-corrected chi connectivity index (χ2v) is 5.82. The second kappa shape index (κ2) is 6.53. The fraction of sp³-hybridized carbons (Fsp3) is 0.929. The topological polar surface area (TPSA) is 66.6 Å². The molecule has 2 rings (SSSR count). The maximum absolute atomic E-state index is 12.5. The molecule has 1 saturated heterocycles. The van der Waals surface area contributed by atoms with Gasteiger partial charge in [-0.2, -0.15) is 0 Å². The molecule has 0 aromatic carbocycles. The zero-order valence-corrected chi connectivity index (χ0v) is 11.2. The SMILES string of the molecule is NC1CCCCCCC1C(=O)N1CCC(O)CC1. The first kappa shape index (κ1) is 13.8. The summed E-state index contributed by atoms with van der Waals surface area (Å²) < 4.78 is 0. The molecule has 1 aliphatic carbocycles. The average Bonchev–Trinajstić information content (AvgIpc) is 2.35. The van der Waals surface area contributed by atoms with Crippen LogP contribution in [0.2, 0.25) is 0 Å². The number of aliphatic hydroxyl groups excluding tert-OH is 1. The molecule has 2 fully saturated rings. The van der Waals surface area contributed by atoms with E-state index in [1.165, 1.54) is 12.8 Å². The van der Waals surface area contributed by atoms with Gasteiger partial charge in [0.25, 0.3) is 0 Å². The van der Waals surface area contributed by atoms with Crippen molar-refractivity contribution in [2.24, 2.45) is 11.7 Å². The van der Waals surface area contributed by atoms with Gasteiger partial charge in [0.15, 0.2) is 0 Å². The summed E-state index contributed by atoms with van der Waals surface area (Å²) in [6.45, 7) is 1.40. The summed E-state index contributed by atoms with van der Waals surface area (Å²) in [4.78, 5) is 14.4. The van der Waals surface area contributed by atoms with E-state index in [0.717, 1.165) is 25.7 Å². The Labute approximate surface area is 110 Å². The van der Waals surface area contributed by atoms with E-state index < -0.39 is 0 Å². The predicted octanol–water partition coefficient (Wildman–Crippen LogP) is 1.27. The van der Waals surface area contributed by atoms with Crippen LogP contribution in [-0.4, -0.2) is 41.1 Å². The fourth-order valence-electron chi connectivity index (χ4n) is 3.14. The summed E-state index contributed by atoms with van der Waals surface area (Å²) in [6, 6.07) is 0.0321. The molecule has 4 nitrogen and oxygen atoms in total. The third-order valence-corrected chi connectivity index (χ3v) is 4.41. The minimum absolute atomic E-state index is 0.0144. The standard InChI is InChI=1S/C14H26N2O2/c15-13-6-4-2-1-3-5-12(13)14(18)16-9-7-11(17)8-10-16/h11-13,17H,1-10,15H2. The lowest BCUT2D eigenvalue weighted by atomic mass is 9.86. The van der Waals surface area contributed by atoms with Crippen LogP contribution in [0, 0.1) is 5.92 Å². The smallest absolute Gasteiger partial charge is 0.227 e. The molecular formula is C14H26N2O2. The molecule has 2 aliphatic rings. The van der Waals surface area contributed by atoms with Crippen molar-refractivity contribution in [2.75, 3.05) is 13.1 Å². The number of nitrogens with two attached hydrogens (primary N) is 1. The number of likely N-dealkylation sites (tertiary alicyclic amines) is 1. The largest absolute Gasteiger partial charge is 0.393 e. The Bertz CT molecular complexity index is 275. The zero-order valence-electron chi connectivity index (χ0n) is 11.2. The van der Waals surface area contributed by atoms with E-state index in [9.17, 15) is 9.90 Å². The number of carbonyl (C=O) groups is 1. The van der Waals surface area contributed by atoms with Crippen LogP contribution in [0.25, 0.3) is 0 Å². The molecule has 0 radical (unpaired) electrons. The molecule has 2 unspecified atom stereocenters. The van der Waals surface area contributed by atoms with Crippen LogP contribution in [0.15, 0.2) is 0 Å². The number of carbonyl (C=O) groups excluding carboxylic acids is 1. The first-order valence-corrected chi connectivity index (χ1v) is 7.41. The maximum atomic E-state index is 12.5. The molecule has 0 aromatic rings. The highest BCUT2D eigenvalue weighted by Crippen LogP contribution is 2.24. The van der Waals surface area contributed by atoms with Crippen molar-refractivity contribution in [1.29, 1.82) is 0 Å². The molecule has 4 heteroatoms. The summed E-state index contributed by atoms with van der Waals surface area (Å²) in [5.74, 6) is 0.247. The molecule has 0 bridgehead atoms. The van der Waals surface area contributed by atoms with Crippen LogP contribution in [0.1, 0.15) is 51.4 Å². The summed E-state index contributed by atoms with van der Waals surface area (Å²) in [6.07, 6.45) is 7.90. The zero-order chi connectivity index (χ0) is 13.0. The molecular weight excluding hydrogens is 228 g/mol. The van der Waals surface area contributed by atoms with E-state index in [1.54, 1.807) is 0 Å². The van der Waals surface area contributed by atoms with Gasteiger partial charge in [-0.25, -0.2) is 0 Å². The monoisotopic (exact) mass is 254 g/mol. The second-order valence-electron chi connectivity index (χ2n) is 5.82. The number of rotatable bonds is 1. The third-order valence-electron chi connectivity index (χ3n) is 4.41. The van der Waals surface area contributed by atoms with Gasteiger partial charge in [0, 0.05) is 19.1 Å². The highest BCUT2D eigenvalue weighted by Gasteiger charge is 2.31. The Morgan fingerprint density at radius 2 is 1.61 bits per heavy atom. The van der Waals surface area contributed by atoms with Gasteiger partial charge < -0.3 is 15.7 Å². The predicted molar refractivity (Wildman–Crippen MR) is 71.0 cm³/mol. The minimum Gasteiger partial charge on any atom is -0.393 e. The third kappa shape index (κ3) is 3.45. The Morgan fingerprint density at radius 3 is 2.28 bits per heavy atom. The van der Waals surface area contributed by atoms with Gasteiger partial charge in [0.1, 0.15) is 0 Å². The highest BCUT2D eigenvalue weighted by atomic mass is 16.3. The average molecular weight is 254 g/mol. The van der Waals surface area contributed by atoms with Crippen LogP contribution in [-0.2, 0) is 4.79 Å². The van der Waals surface area contributed by atoms with Gasteiger partial charge in [0.2, 0.25) is 5.91 Å². The molecule has 0 aromatic heterocycles. The number of amides is 1. The van der Waals surface area contributed by atoms with Crippen LogP contribution >= 0.6 is 0 Å². The lowest BCUT2D eigenvalue weighted by molar-refractivity contribution is -0.138. The lowest BCUT2D eigenvalue weighted by Gasteiger charge is -2.35. The van der Waals surface area contributed by atoms with E-state index in [-0.39, 0.29) is 24.0 Å². The van der Waals surface area contributed by atoms with E-state index in [0.29, 0.717) is 25.9 Å². The Balaban J connectivity index is 1.92. The van der Waals surface area contributed by atoms with Crippen molar-refractivity contribution < 1.29 is 9.90 Å². The van der Waals surface area contributed by atoms with Gasteiger partial charge in [-0.15, -0.1) is 0 Å². The first-order chi connectivity index (χ1) is 8.68. The highest BCUT2D eigenvalue weighted by molar-refractivity contribution is 5.79. The molecule has 1 heterocycles. The van der Waals surface area contributed by atoms with Crippen molar-refractivity contribution in [3.63, 3.8) is 0 Å². The number of hydrogen-bond donors (Lipinski definition) is 2. The summed E-state index contributed by atoms with van der Waals surface area (Å²) in [7, 11) is 0. The molecule has 0 spiro atoms. The summed E-state index contributed by atoms with van der Waals surface area (Å²) in [5, 5.41) is 9.49.